The molecule has 0 unspecified atom stereocenters. The van der Waals surface area contributed by atoms with E-state index in [1.54, 1.807) is 0 Å². The van der Waals surface area contributed by atoms with Crippen molar-refractivity contribution in [2.75, 3.05) is 0 Å². The predicted octanol–water partition coefficient (Wildman–Crippen LogP) is 4.33. The molecule has 0 aromatic carbocycles. The summed E-state index contributed by atoms with van der Waals surface area (Å²) in [5.74, 6) is 0. The van der Waals surface area contributed by atoms with Gasteiger partial charge in [-0.15, -0.1) is 17.0 Å². The van der Waals surface area contributed by atoms with E-state index in [0.717, 1.165) is 0 Å². The molecule has 1 heteroatoms. The zero-order valence-electron chi connectivity index (χ0n) is 7.36. The third-order valence-corrected chi connectivity index (χ3v) is 1.71. The van der Waals surface area contributed by atoms with Crippen LogP contribution in [-0.4, -0.2) is 0 Å². The molecule has 0 saturated heterocycles. The minimum atomic E-state index is 0. The fraction of sp³-hybridized carbons (Fsp3) is 1.00. The van der Waals surface area contributed by atoms with Crippen molar-refractivity contribution in [2.45, 2.75) is 58.8 Å². The van der Waals surface area contributed by atoms with Crippen LogP contribution in [0.4, 0.5) is 0 Å². The monoisotopic (exact) mass is 208 g/mol. The van der Waals surface area contributed by atoms with Crippen LogP contribution < -0.4 is 0 Å². The molecule has 0 nitrogen and oxygen atoms in total. The predicted molar refractivity (Wildman–Crippen MR) is 54.0 cm³/mol. The van der Waals surface area contributed by atoms with E-state index in [2.05, 4.69) is 13.8 Å². The minimum absolute atomic E-state index is 0. The minimum Gasteiger partial charge on any atom is -0.114 e. The smallest absolute Gasteiger partial charge is 0.0533 e. The fourth-order valence-corrected chi connectivity index (χ4v) is 1.03. The lowest BCUT2D eigenvalue weighted by Crippen LogP contribution is -1.76. The van der Waals surface area contributed by atoms with Crippen molar-refractivity contribution in [3.8, 4) is 0 Å². The van der Waals surface area contributed by atoms with Crippen LogP contribution in [-0.2, 0) is 0 Å². The van der Waals surface area contributed by atoms with Gasteiger partial charge in [0.25, 0.3) is 0 Å². The maximum Gasteiger partial charge on any atom is -0.0533 e. The van der Waals surface area contributed by atoms with E-state index in [1.165, 1.54) is 44.9 Å². The molecule has 0 aromatic heterocycles. The van der Waals surface area contributed by atoms with Crippen LogP contribution in [0.3, 0.4) is 0 Å². The molecule has 0 fully saturated rings. The molecule has 0 atom stereocenters. The molecule has 10 heavy (non-hydrogen) atoms. The van der Waals surface area contributed by atoms with Crippen LogP contribution in [0.5, 0.6) is 0 Å². The van der Waals surface area contributed by atoms with Gasteiger partial charge >= 0.3 is 0 Å². The van der Waals surface area contributed by atoms with E-state index in [4.69, 9.17) is 0 Å². The third-order valence-electron chi connectivity index (χ3n) is 1.71. The molecule has 0 bridgehead atoms. The second kappa shape index (κ2) is 12.2. The molecule has 64 valence electrons. The van der Waals surface area contributed by atoms with Gasteiger partial charge in [-0.2, -0.15) is 0 Å². The van der Waals surface area contributed by atoms with Crippen molar-refractivity contribution in [3.05, 3.63) is 0 Å². The molecule has 0 N–H and O–H groups in total. The van der Waals surface area contributed by atoms with E-state index in [1.807, 2.05) is 0 Å². The van der Waals surface area contributed by atoms with Crippen molar-refractivity contribution in [1.82, 2.24) is 0 Å². The Balaban J connectivity index is 0. The van der Waals surface area contributed by atoms with E-state index in [-0.39, 0.29) is 17.0 Å². The van der Waals surface area contributed by atoms with Gasteiger partial charge in [-0.3, -0.25) is 0 Å². The topological polar surface area (TPSA) is 0 Å². The quantitative estimate of drug-likeness (QED) is 0.571. The van der Waals surface area contributed by atoms with Crippen LogP contribution in [0.2, 0.25) is 0 Å². The maximum atomic E-state index is 2.26. The van der Waals surface area contributed by atoms with Gasteiger partial charge in [-0.1, -0.05) is 58.8 Å². The molecular formula is C9H21Br. The van der Waals surface area contributed by atoms with Crippen molar-refractivity contribution in [1.29, 1.82) is 0 Å². The molecule has 0 saturated carbocycles. The van der Waals surface area contributed by atoms with Gasteiger partial charge in [0.1, 0.15) is 0 Å². The first-order chi connectivity index (χ1) is 4.41. The standard InChI is InChI=1S/C9H20.BrH/c1-3-5-7-9-8-6-4-2;/h3-9H2,1-2H3;1H. The van der Waals surface area contributed by atoms with Crippen molar-refractivity contribution < 1.29 is 0 Å². The molecule has 0 aliphatic carbocycles. The Morgan fingerprint density at radius 3 is 1.20 bits per heavy atom. The summed E-state index contributed by atoms with van der Waals surface area (Å²) >= 11 is 0. The van der Waals surface area contributed by atoms with Crippen molar-refractivity contribution >= 4 is 17.0 Å². The Morgan fingerprint density at radius 1 is 0.600 bits per heavy atom. The first kappa shape index (κ1) is 13.1. The maximum absolute atomic E-state index is 2.26. The number of halogens is 1. The highest BCUT2D eigenvalue weighted by atomic mass is 79.9. The lowest BCUT2D eigenvalue weighted by atomic mass is 10.1. The Hall–Kier alpha value is 0.480. The second-order valence-electron chi connectivity index (χ2n) is 2.77. The van der Waals surface area contributed by atoms with E-state index in [9.17, 15) is 0 Å². The van der Waals surface area contributed by atoms with Crippen molar-refractivity contribution in [3.63, 3.8) is 0 Å². The van der Waals surface area contributed by atoms with Crippen LogP contribution in [0.25, 0.3) is 0 Å². The normalized spacial score (nSPS) is 9.00. The molecule has 0 aliphatic rings. The average molecular weight is 209 g/mol. The summed E-state index contributed by atoms with van der Waals surface area (Å²) in [4.78, 5) is 0. The lowest BCUT2D eigenvalue weighted by Gasteiger charge is -1.96. The van der Waals surface area contributed by atoms with Crippen LogP contribution >= 0.6 is 17.0 Å². The zero-order chi connectivity index (χ0) is 6.95. The van der Waals surface area contributed by atoms with Gasteiger partial charge in [0, 0.05) is 0 Å². The molecule has 0 rings (SSSR count). The van der Waals surface area contributed by atoms with Crippen LogP contribution in [0.15, 0.2) is 0 Å². The lowest BCUT2D eigenvalue weighted by molar-refractivity contribution is 0.602. The molecule has 0 spiro atoms. The molecule has 0 heterocycles. The van der Waals surface area contributed by atoms with Gasteiger partial charge in [0.05, 0.1) is 0 Å². The first-order valence-electron chi connectivity index (χ1n) is 4.41. The first-order valence-corrected chi connectivity index (χ1v) is 4.41. The molecular weight excluding hydrogens is 188 g/mol. The average Bonchev–Trinajstić information content (AvgIpc) is 1.89. The van der Waals surface area contributed by atoms with E-state index < -0.39 is 0 Å². The Bertz CT molecular complexity index is 38.0. The Labute approximate surface area is 76.2 Å². The molecule has 0 aromatic rings. The highest BCUT2D eigenvalue weighted by molar-refractivity contribution is 8.93. The SMILES string of the molecule is Br.CCCCCCCCC. The molecule has 0 radical (unpaired) electrons. The van der Waals surface area contributed by atoms with E-state index >= 15 is 0 Å². The number of hydrogen-bond acceptors (Lipinski definition) is 0. The van der Waals surface area contributed by atoms with Crippen molar-refractivity contribution in [2.24, 2.45) is 0 Å². The molecule has 0 aliphatic heterocycles. The summed E-state index contributed by atoms with van der Waals surface area (Å²) in [5.41, 5.74) is 0. The zero-order valence-corrected chi connectivity index (χ0v) is 9.07. The highest BCUT2D eigenvalue weighted by Gasteiger charge is 1.85. The fourth-order valence-electron chi connectivity index (χ4n) is 1.03. The van der Waals surface area contributed by atoms with E-state index in [0.29, 0.717) is 0 Å². The summed E-state index contributed by atoms with van der Waals surface area (Å²) in [5, 5.41) is 0. The number of hydrogen-bond donors (Lipinski definition) is 0. The second-order valence-corrected chi connectivity index (χ2v) is 2.77. The Morgan fingerprint density at radius 2 is 0.900 bits per heavy atom. The summed E-state index contributed by atoms with van der Waals surface area (Å²) in [7, 11) is 0. The third kappa shape index (κ3) is 11.3. The summed E-state index contributed by atoms with van der Waals surface area (Å²) < 4.78 is 0. The number of rotatable bonds is 6. The Kier molecular flexibility index (Phi) is 16.0. The van der Waals surface area contributed by atoms with Gasteiger partial charge in [0.15, 0.2) is 0 Å². The molecule has 0 amide bonds. The van der Waals surface area contributed by atoms with Gasteiger partial charge in [-0.05, 0) is 0 Å². The summed E-state index contributed by atoms with van der Waals surface area (Å²) in [6, 6.07) is 0. The van der Waals surface area contributed by atoms with Crippen LogP contribution in [0, 0.1) is 0 Å². The van der Waals surface area contributed by atoms with Crippen LogP contribution in [0.1, 0.15) is 58.8 Å². The summed E-state index contributed by atoms with van der Waals surface area (Å²) in [6.07, 6.45) is 9.97. The summed E-state index contributed by atoms with van der Waals surface area (Å²) in [6.45, 7) is 4.53. The van der Waals surface area contributed by atoms with Gasteiger partial charge in [0.2, 0.25) is 0 Å². The van der Waals surface area contributed by atoms with Gasteiger partial charge < -0.3 is 0 Å². The number of unbranched alkanes of at least 4 members (excludes halogenated alkanes) is 6. The van der Waals surface area contributed by atoms with Gasteiger partial charge in [-0.25, -0.2) is 0 Å². The largest absolute Gasteiger partial charge is 0.114 e. The highest BCUT2D eigenvalue weighted by Crippen LogP contribution is 2.05.